The Labute approximate surface area is 84.3 Å². The van der Waals surface area contributed by atoms with Crippen LogP contribution in [0.3, 0.4) is 0 Å². The van der Waals surface area contributed by atoms with E-state index >= 15 is 0 Å². The number of benzene rings is 1. The molecule has 0 unspecified atom stereocenters. The highest BCUT2D eigenvalue weighted by molar-refractivity contribution is 6.33. The van der Waals surface area contributed by atoms with E-state index in [0.29, 0.717) is 16.3 Å². The van der Waals surface area contributed by atoms with Gasteiger partial charge in [-0.2, -0.15) is 0 Å². The van der Waals surface area contributed by atoms with Crippen molar-refractivity contribution >= 4 is 17.5 Å². The molecule has 0 aliphatic heterocycles. The molecule has 0 radical (unpaired) electrons. The largest absolute Gasteiger partial charge is 0.368 e. The van der Waals surface area contributed by atoms with Crippen LogP contribution < -0.4 is 5.73 Å². The van der Waals surface area contributed by atoms with Gasteiger partial charge in [-0.15, -0.1) is 0 Å². The molecule has 0 spiro atoms. The minimum atomic E-state index is -0.383. The van der Waals surface area contributed by atoms with Crippen molar-refractivity contribution in [3.05, 3.63) is 35.1 Å². The fraction of sp³-hybridized carbons (Fsp3) is 0. The summed E-state index contributed by atoms with van der Waals surface area (Å²) in [5.74, 6) is -0.216. The number of halogens is 2. The van der Waals surface area contributed by atoms with E-state index in [-0.39, 0.29) is 11.7 Å². The van der Waals surface area contributed by atoms with Crippen molar-refractivity contribution in [2.24, 2.45) is 0 Å². The molecule has 2 aromatic rings. The molecule has 1 heterocycles. The third kappa shape index (κ3) is 1.56. The summed E-state index contributed by atoms with van der Waals surface area (Å²) in [6.07, 6.45) is 0. The Hall–Kier alpha value is -1.55. The molecule has 1 aromatic heterocycles. The van der Waals surface area contributed by atoms with Crippen LogP contribution in [0.1, 0.15) is 0 Å². The molecule has 0 saturated carbocycles. The van der Waals surface area contributed by atoms with E-state index < -0.39 is 0 Å². The number of nitrogens with two attached hydrogens (primary N) is 1. The zero-order chi connectivity index (χ0) is 10.1. The second-order valence-corrected chi connectivity index (χ2v) is 3.15. The summed E-state index contributed by atoms with van der Waals surface area (Å²) in [6.45, 7) is 0. The standard InChI is InChI=1S/C9H6ClFN2O/c10-7-2-1-5(11)3-6(7)8-4-9(12)14-13-8/h1-4H,12H2. The number of hydrogen-bond donors (Lipinski definition) is 1. The van der Waals surface area contributed by atoms with Gasteiger partial charge in [0.2, 0.25) is 5.88 Å². The van der Waals surface area contributed by atoms with Crippen LogP contribution in [0.25, 0.3) is 11.3 Å². The molecule has 0 atom stereocenters. The summed E-state index contributed by atoms with van der Waals surface area (Å²) >= 11 is 5.85. The number of anilines is 1. The maximum absolute atomic E-state index is 12.9. The van der Waals surface area contributed by atoms with Gasteiger partial charge in [0.05, 0.1) is 5.02 Å². The molecule has 0 aliphatic carbocycles. The Balaban J connectivity index is 2.55. The van der Waals surface area contributed by atoms with Crippen molar-refractivity contribution in [3.8, 4) is 11.3 Å². The van der Waals surface area contributed by atoms with E-state index in [4.69, 9.17) is 17.3 Å². The fourth-order valence-electron chi connectivity index (χ4n) is 1.11. The third-order valence-corrected chi connectivity index (χ3v) is 2.06. The second-order valence-electron chi connectivity index (χ2n) is 2.74. The number of rotatable bonds is 1. The Morgan fingerprint density at radius 1 is 1.36 bits per heavy atom. The first-order valence-electron chi connectivity index (χ1n) is 3.84. The highest BCUT2D eigenvalue weighted by atomic mass is 35.5. The van der Waals surface area contributed by atoms with Gasteiger partial charge in [-0.05, 0) is 18.2 Å². The van der Waals surface area contributed by atoms with Crippen molar-refractivity contribution < 1.29 is 8.91 Å². The molecule has 0 amide bonds. The quantitative estimate of drug-likeness (QED) is 0.791. The zero-order valence-corrected chi connectivity index (χ0v) is 7.75. The van der Waals surface area contributed by atoms with Crippen molar-refractivity contribution in [2.45, 2.75) is 0 Å². The number of nitrogens with zero attached hydrogens (tertiary/aromatic N) is 1. The second kappa shape index (κ2) is 3.31. The predicted octanol–water partition coefficient (Wildman–Crippen LogP) is 2.72. The average molecular weight is 213 g/mol. The zero-order valence-electron chi connectivity index (χ0n) is 7.00. The van der Waals surface area contributed by atoms with E-state index in [1.165, 1.54) is 24.3 Å². The minimum absolute atomic E-state index is 0.167. The van der Waals surface area contributed by atoms with E-state index in [9.17, 15) is 4.39 Å². The van der Waals surface area contributed by atoms with E-state index in [0.717, 1.165) is 0 Å². The van der Waals surface area contributed by atoms with Gasteiger partial charge in [-0.1, -0.05) is 16.8 Å². The van der Waals surface area contributed by atoms with E-state index in [1.54, 1.807) is 0 Å². The molecule has 3 nitrogen and oxygen atoms in total. The van der Waals surface area contributed by atoms with Crippen molar-refractivity contribution in [2.75, 3.05) is 5.73 Å². The van der Waals surface area contributed by atoms with Gasteiger partial charge in [0.15, 0.2) is 0 Å². The Morgan fingerprint density at radius 3 is 2.79 bits per heavy atom. The molecule has 0 bridgehead atoms. The van der Waals surface area contributed by atoms with Crippen LogP contribution in [0.5, 0.6) is 0 Å². The van der Waals surface area contributed by atoms with Gasteiger partial charge in [-0.25, -0.2) is 4.39 Å². The molecule has 0 fully saturated rings. The summed E-state index contributed by atoms with van der Waals surface area (Å²) in [6, 6.07) is 5.49. The van der Waals surface area contributed by atoms with Crippen LogP contribution in [-0.2, 0) is 0 Å². The topological polar surface area (TPSA) is 52.0 Å². The van der Waals surface area contributed by atoms with Crippen LogP contribution in [0, 0.1) is 5.82 Å². The highest BCUT2D eigenvalue weighted by Crippen LogP contribution is 2.28. The third-order valence-electron chi connectivity index (χ3n) is 1.73. The lowest BCUT2D eigenvalue weighted by molar-refractivity contribution is 0.439. The van der Waals surface area contributed by atoms with Gasteiger partial charge < -0.3 is 10.3 Å². The predicted molar refractivity (Wildman–Crippen MR) is 51.3 cm³/mol. The van der Waals surface area contributed by atoms with Gasteiger partial charge in [0, 0.05) is 11.6 Å². The molecular formula is C9H6ClFN2O. The molecule has 2 rings (SSSR count). The summed E-state index contributed by atoms with van der Waals surface area (Å²) in [4.78, 5) is 0. The number of hydrogen-bond acceptors (Lipinski definition) is 3. The summed E-state index contributed by atoms with van der Waals surface area (Å²) in [5.41, 5.74) is 6.23. The lowest BCUT2D eigenvalue weighted by Crippen LogP contribution is -1.81. The van der Waals surface area contributed by atoms with Crippen LogP contribution in [0.15, 0.2) is 28.8 Å². The SMILES string of the molecule is Nc1cc(-c2cc(F)ccc2Cl)no1. The smallest absolute Gasteiger partial charge is 0.222 e. The lowest BCUT2D eigenvalue weighted by atomic mass is 10.1. The van der Waals surface area contributed by atoms with Crippen LogP contribution in [0.2, 0.25) is 5.02 Å². The van der Waals surface area contributed by atoms with Crippen LogP contribution >= 0.6 is 11.6 Å². The summed E-state index contributed by atoms with van der Waals surface area (Å²) < 4.78 is 17.6. The maximum atomic E-state index is 12.9. The molecule has 5 heteroatoms. The monoisotopic (exact) mass is 212 g/mol. The van der Waals surface area contributed by atoms with Gasteiger partial charge in [0.25, 0.3) is 0 Å². The first-order valence-corrected chi connectivity index (χ1v) is 4.22. The Kier molecular flexibility index (Phi) is 2.13. The number of aromatic nitrogens is 1. The summed E-state index contributed by atoms with van der Waals surface area (Å²) in [7, 11) is 0. The minimum Gasteiger partial charge on any atom is -0.368 e. The molecule has 0 saturated heterocycles. The lowest BCUT2D eigenvalue weighted by Gasteiger charge is -1.98. The molecule has 0 aliphatic rings. The van der Waals surface area contributed by atoms with Crippen molar-refractivity contribution in [1.29, 1.82) is 0 Å². The van der Waals surface area contributed by atoms with Gasteiger partial charge in [-0.3, -0.25) is 0 Å². The molecule has 2 N–H and O–H groups in total. The van der Waals surface area contributed by atoms with Crippen LogP contribution in [0.4, 0.5) is 10.3 Å². The van der Waals surface area contributed by atoms with Crippen LogP contribution in [-0.4, -0.2) is 5.16 Å². The number of nitrogen functional groups attached to an aromatic ring is 1. The van der Waals surface area contributed by atoms with Crippen molar-refractivity contribution in [3.63, 3.8) is 0 Å². The van der Waals surface area contributed by atoms with Gasteiger partial charge >= 0.3 is 0 Å². The fourth-order valence-corrected chi connectivity index (χ4v) is 1.32. The molecule has 72 valence electrons. The first-order chi connectivity index (χ1) is 6.66. The Bertz CT molecular complexity index is 470. The summed E-state index contributed by atoms with van der Waals surface area (Å²) in [5, 5.41) is 4.04. The van der Waals surface area contributed by atoms with Crippen molar-refractivity contribution in [1.82, 2.24) is 5.16 Å². The normalized spacial score (nSPS) is 10.4. The maximum Gasteiger partial charge on any atom is 0.222 e. The van der Waals surface area contributed by atoms with E-state index in [2.05, 4.69) is 9.68 Å². The van der Waals surface area contributed by atoms with E-state index in [1.807, 2.05) is 0 Å². The molecule has 1 aromatic carbocycles. The first kappa shape index (κ1) is 9.02. The molecule has 14 heavy (non-hydrogen) atoms. The van der Waals surface area contributed by atoms with Gasteiger partial charge in [0.1, 0.15) is 11.5 Å². The average Bonchev–Trinajstić information content (AvgIpc) is 2.56. The molecular weight excluding hydrogens is 207 g/mol. The highest BCUT2D eigenvalue weighted by Gasteiger charge is 2.09. The Morgan fingerprint density at radius 2 is 2.14 bits per heavy atom.